The highest BCUT2D eigenvalue weighted by Gasteiger charge is 2.15. The maximum absolute atomic E-state index is 4.60. The van der Waals surface area contributed by atoms with Crippen LogP contribution in [0.1, 0.15) is 50.4 Å². The fourth-order valence-corrected chi connectivity index (χ4v) is 2.24. The van der Waals surface area contributed by atoms with Gasteiger partial charge in [-0.2, -0.15) is 0 Å². The molecule has 1 aromatic heterocycles. The minimum absolute atomic E-state index is 0.129. The van der Waals surface area contributed by atoms with Crippen molar-refractivity contribution in [3.8, 4) is 0 Å². The van der Waals surface area contributed by atoms with E-state index in [0.717, 1.165) is 12.1 Å². The average Bonchev–Trinajstić information content (AvgIpc) is 2.39. The van der Waals surface area contributed by atoms with E-state index in [1.165, 1.54) is 11.1 Å². The van der Waals surface area contributed by atoms with Gasteiger partial charge in [0.25, 0.3) is 0 Å². The van der Waals surface area contributed by atoms with Gasteiger partial charge in [-0.3, -0.25) is 4.98 Å². The van der Waals surface area contributed by atoms with E-state index in [4.69, 9.17) is 0 Å². The first-order chi connectivity index (χ1) is 8.97. The molecule has 1 heterocycles. The summed E-state index contributed by atoms with van der Waals surface area (Å²) >= 11 is 0. The summed E-state index contributed by atoms with van der Waals surface area (Å²) in [6.45, 7) is 8.86. The largest absolute Gasteiger partial charge is 0.260 e. The summed E-state index contributed by atoms with van der Waals surface area (Å²) in [5.74, 6) is 0.531. The third-order valence-corrected chi connectivity index (χ3v) is 3.50. The Morgan fingerprint density at radius 1 is 1.00 bits per heavy atom. The molecule has 0 bridgehead atoms. The summed E-state index contributed by atoms with van der Waals surface area (Å²) in [4.78, 5) is 4.60. The maximum Gasteiger partial charge on any atom is 0.0457 e. The second-order valence-electron chi connectivity index (χ2n) is 6.32. The lowest BCUT2D eigenvalue weighted by molar-refractivity contribution is 0.568. The van der Waals surface area contributed by atoms with Crippen molar-refractivity contribution in [2.45, 2.75) is 45.4 Å². The third-order valence-electron chi connectivity index (χ3n) is 3.50. The maximum atomic E-state index is 4.60. The molecule has 1 heteroatoms. The van der Waals surface area contributed by atoms with Gasteiger partial charge < -0.3 is 0 Å². The van der Waals surface area contributed by atoms with Gasteiger partial charge in [0, 0.05) is 17.3 Å². The molecule has 0 N–H and O–H groups in total. The predicted octanol–water partition coefficient (Wildman–Crippen LogP) is 4.73. The van der Waals surface area contributed by atoms with Gasteiger partial charge in [-0.1, -0.05) is 64.1 Å². The lowest BCUT2D eigenvalue weighted by Crippen LogP contribution is -2.13. The first-order valence-electron chi connectivity index (χ1n) is 6.97. The molecule has 0 amide bonds. The Balaban J connectivity index is 2.08. The first-order valence-corrected chi connectivity index (χ1v) is 6.97. The summed E-state index contributed by atoms with van der Waals surface area (Å²) in [5, 5.41) is 0. The van der Waals surface area contributed by atoms with Gasteiger partial charge in [0.15, 0.2) is 0 Å². The predicted molar refractivity (Wildman–Crippen MR) is 81.5 cm³/mol. The number of benzene rings is 1. The van der Waals surface area contributed by atoms with Crippen molar-refractivity contribution in [2.75, 3.05) is 0 Å². The van der Waals surface area contributed by atoms with E-state index < -0.39 is 0 Å². The van der Waals surface area contributed by atoms with Gasteiger partial charge in [0.1, 0.15) is 0 Å². The molecular formula is C18H23N. The van der Waals surface area contributed by atoms with Crippen molar-refractivity contribution in [3.63, 3.8) is 0 Å². The van der Waals surface area contributed by atoms with Crippen LogP contribution in [-0.4, -0.2) is 4.98 Å². The van der Waals surface area contributed by atoms with Crippen LogP contribution in [0.2, 0.25) is 0 Å². The van der Waals surface area contributed by atoms with Crippen molar-refractivity contribution >= 4 is 0 Å². The van der Waals surface area contributed by atoms with E-state index in [-0.39, 0.29) is 5.41 Å². The van der Waals surface area contributed by atoms with Crippen molar-refractivity contribution in [1.29, 1.82) is 0 Å². The van der Waals surface area contributed by atoms with Gasteiger partial charge in [-0.25, -0.2) is 0 Å². The fraction of sp³-hybridized carbons (Fsp3) is 0.389. The first kappa shape index (κ1) is 13.8. The topological polar surface area (TPSA) is 12.9 Å². The molecule has 1 aromatic carbocycles. The summed E-state index contributed by atoms with van der Waals surface area (Å²) < 4.78 is 0. The van der Waals surface area contributed by atoms with E-state index in [0.29, 0.717) is 5.92 Å². The third kappa shape index (κ3) is 3.66. The van der Waals surface area contributed by atoms with Crippen LogP contribution in [-0.2, 0) is 11.8 Å². The molecule has 0 saturated carbocycles. The molecule has 0 radical (unpaired) electrons. The molecule has 0 aliphatic heterocycles. The highest BCUT2D eigenvalue weighted by Crippen LogP contribution is 2.23. The zero-order valence-corrected chi connectivity index (χ0v) is 12.4. The van der Waals surface area contributed by atoms with Crippen LogP contribution in [0.5, 0.6) is 0 Å². The number of aromatic nitrogens is 1. The normalized spacial score (nSPS) is 13.3. The van der Waals surface area contributed by atoms with Gasteiger partial charge >= 0.3 is 0 Å². The number of nitrogens with zero attached hydrogens (tertiary/aromatic N) is 1. The molecule has 1 nitrogen and oxygen atoms in total. The Kier molecular flexibility index (Phi) is 4.04. The Morgan fingerprint density at radius 3 is 2.21 bits per heavy atom. The number of hydrogen-bond acceptors (Lipinski definition) is 1. The lowest BCUT2D eigenvalue weighted by atomic mass is 9.90. The zero-order chi connectivity index (χ0) is 13.9. The molecule has 0 spiro atoms. The Bertz CT molecular complexity index is 506. The quantitative estimate of drug-likeness (QED) is 0.771. The fourth-order valence-electron chi connectivity index (χ4n) is 2.24. The van der Waals surface area contributed by atoms with E-state index >= 15 is 0 Å². The van der Waals surface area contributed by atoms with Gasteiger partial charge in [0.05, 0.1) is 0 Å². The monoisotopic (exact) mass is 253 g/mol. The number of rotatable bonds is 3. The Labute approximate surface area is 116 Å². The van der Waals surface area contributed by atoms with Gasteiger partial charge in [0.2, 0.25) is 0 Å². The molecule has 100 valence electrons. The van der Waals surface area contributed by atoms with Gasteiger partial charge in [-0.05, 0) is 29.5 Å². The smallest absolute Gasteiger partial charge is 0.0457 e. The molecule has 2 aromatic rings. The van der Waals surface area contributed by atoms with Gasteiger partial charge in [-0.15, -0.1) is 0 Å². The van der Waals surface area contributed by atoms with E-state index in [1.54, 1.807) is 0 Å². The lowest BCUT2D eigenvalue weighted by Gasteiger charge is -2.18. The molecule has 19 heavy (non-hydrogen) atoms. The molecule has 1 atom stereocenters. The van der Waals surface area contributed by atoms with Crippen LogP contribution in [0.4, 0.5) is 0 Å². The van der Waals surface area contributed by atoms with Crippen LogP contribution in [0.3, 0.4) is 0 Å². The second-order valence-corrected chi connectivity index (χ2v) is 6.32. The van der Waals surface area contributed by atoms with Crippen molar-refractivity contribution in [1.82, 2.24) is 4.98 Å². The summed E-state index contributed by atoms with van der Waals surface area (Å²) in [5.41, 5.74) is 3.99. The molecule has 1 unspecified atom stereocenters. The summed E-state index contributed by atoms with van der Waals surface area (Å²) in [6, 6.07) is 15.0. The zero-order valence-electron chi connectivity index (χ0n) is 12.4. The second kappa shape index (κ2) is 5.56. The average molecular weight is 253 g/mol. The minimum Gasteiger partial charge on any atom is -0.260 e. The van der Waals surface area contributed by atoms with Crippen LogP contribution in [0.15, 0.2) is 48.7 Å². The van der Waals surface area contributed by atoms with Crippen LogP contribution in [0, 0.1) is 0 Å². The van der Waals surface area contributed by atoms with E-state index in [1.807, 2.05) is 6.20 Å². The number of hydrogen-bond donors (Lipinski definition) is 0. The summed E-state index contributed by atoms with van der Waals surface area (Å²) in [6.07, 6.45) is 3.07. The molecule has 2 rings (SSSR count). The Morgan fingerprint density at radius 2 is 1.68 bits per heavy atom. The standard InChI is InChI=1S/C18H23N/c1-14(16-8-6-5-7-9-16)12-15-10-11-17(19-13-15)18(2,3)4/h5-11,13-14H,12H2,1-4H3. The summed E-state index contributed by atoms with van der Waals surface area (Å²) in [7, 11) is 0. The molecule has 0 saturated heterocycles. The van der Waals surface area contributed by atoms with Crippen molar-refractivity contribution < 1.29 is 0 Å². The molecule has 0 fully saturated rings. The Hall–Kier alpha value is -1.63. The SMILES string of the molecule is CC(Cc1ccc(C(C)(C)C)nc1)c1ccccc1. The van der Waals surface area contributed by atoms with Crippen LogP contribution < -0.4 is 0 Å². The van der Waals surface area contributed by atoms with Crippen LogP contribution in [0.25, 0.3) is 0 Å². The van der Waals surface area contributed by atoms with E-state index in [9.17, 15) is 0 Å². The minimum atomic E-state index is 0.129. The molecular weight excluding hydrogens is 230 g/mol. The highest BCUT2D eigenvalue weighted by molar-refractivity contribution is 5.24. The van der Waals surface area contributed by atoms with Crippen LogP contribution >= 0.6 is 0 Å². The van der Waals surface area contributed by atoms with E-state index in [2.05, 4.69) is 75.1 Å². The van der Waals surface area contributed by atoms with Crippen molar-refractivity contribution in [3.05, 3.63) is 65.5 Å². The van der Waals surface area contributed by atoms with Crippen molar-refractivity contribution in [2.24, 2.45) is 0 Å². The molecule has 0 aliphatic carbocycles. The number of pyridine rings is 1. The molecule has 0 aliphatic rings. The highest BCUT2D eigenvalue weighted by atomic mass is 14.7.